The van der Waals surface area contributed by atoms with E-state index < -0.39 is 0 Å². The molecule has 5 nitrogen and oxygen atoms in total. The predicted octanol–water partition coefficient (Wildman–Crippen LogP) is 3.03. The second kappa shape index (κ2) is 6.27. The van der Waals surface area contributed by atoms with E-state index in [1.54, 1.807) is 24.9 Å². The molecule has 6 heteroatoms. The number of ether oxygens (including phenoxy) is 2. The van der Waals surface area contributed by atoms with Crippen molar-refractivity contribution < 1.29 is 14.3 Å². The van der Waals surface area contributed by atoms with Gasteiger partial charge < -0.3 is 14.8 Å². The number of carbonyl (C=O) groups excluding carboxylic acids is 1. The van der Waals surface area contributed by atoms with Crippen LogP contribution in [0.1, 0.15) is 16.1 Å². The lowest BCUT2D eigenvalue weighted by Crippen LogP contribution is -2.19. The van der Waals surface area contributed by atoms with Crippen LogP contribution in [0.4, 0.5) is 0 Å². The Balaban J connectivity index is 1.92. The molecule has 1 aliphatic heterocycles. The van der Waals surface area contributed by atoms with Crippen molar-refractivity contribution in [3.8, 4) is 17.2 Å². The summed E-state index contributed by atoms with van der Waals surface area (Å²) in [4.78, 5) is 17.2. The molecule has 22 heavy (non-hydrogen) atoms. The Morgan fingerprint density at radius 3 is 3.09 bits per heavy atom. The summed E-state index contributed by atoms with van der Waals surface area (Å²) in [6.45, 7) is 2.55. The quantitative estimate of drug-likeness (QED) is 0.943. The number of rotatable bonds is 3. The molecule has 3 rings (SSSR count). The van der Waals surface area contributed by atoms with Gasteiger partial charge >= 0.3 is 0 Å². The largest absolute Gasteiger partial charge is 0.491 e. The highest BCUT2D eigenvalue weighted by molar-refractivity contribution is 7.99. The van der Waals surface area contributed by atoms with Gasteiger partial charge in [0.25, 0.3) is 5.91 Å². The van der Waals surface area contributed by atoms with Gasteiger partial charge in [-0.25, -0.2) is 0 Å². The summed E-state index contributed by atoms with van der Waals surface area (Å²) in [6, 6.07) is 7.45. The first kappa shape index (κ1) is 14.7. The fourth-order valence-corrected chi connectivity index (χ4v) is 2.95. The average molecular weight is 316 g/mol. The van der Waals surface area contributed by atoms with E-state index in [2.05, 4.69) is 10.3 Å². The molecule has 0 atom stereocenters. The number of aromatic nitrogens is 1. The lowest BCUT2D eigenvalue weighted by atomic mass is 10.2. The Morgan fingerprint density at radius 2 is 2.27 bits per heavy atom. The molecule has 0 spiro atoms. The third-order valence-electron chi connectivity index (χ3n) is 3.22. The van der Waals surface area contributed by atoms with Crippen molar-refractivity contribution in [3.63, 3.8) is 0 Å². The second-order valence-corrected chi connectivity index (χ2v) is 5.95. The molecule has 114 valence electrons. The summed E-state index contributed by atoms with van der Waals surface area (Å²) < 4.78 is 11.5. The molecular weight excluding hydrogens is 300 g/mol. The molecule has 0 saturated heterocycles. The van der Waals surface area contributed by atoms with Crippen molar-refractivity contribution in [1.82, 2.24) is 10.3 Å². The zero-order chi connectivity index (χ0) is 15.5. The number of aryl methyl sites for hydroxylation is 1. The summed E-state index contributed by atoms with van der Waals surface area (Å²) in [7, 11) is 1.58. The van der Waals surface area contributed by atoms with Crippen molar-refractivity contribution in [2.75, 3.05) is 19.4 Å². The lowest BCUT2D eigenvalue weighted by Gasteiger charge is -2.18. The Morgan fingerprint density at radius 1 is 1.41 bits per heavy atom. The summed E-state index contributed by atoms with van der Waals surface area (Å²) in [5, 5.41) is 2.59. The minimum Gasteiger partial charge on any atom is -0.491 e. The maximum absolute atomic E-state index is 11.9. The Labute approximate surface area is 133 Å². The van der Waals surface area contributed by atoms with E-state index in [1.165, 1.54) is 6.20 Å². The van der Waals surface area contributed by atoms with Crippen molar-refractivity contribution in [1.29, 1.82) is 0 Å². The molecule has 0 saturated carbocycles. The monoisotopic (exact) mass is 316 g/mol. The first-order chi connectivity index (χ1) is 10.7. The van der Waals surface area contributed by atoms with E-state index in [9.17, 15) is 4.79 Å². The predicted molar refractivity (Wildman–Crippen MR) is 85.1 cm³/mol. The normalized spacial score (nSPS) is 13.0. The Bertz CT molecular complexity index is 719. The number of benzene rings is 1. The molecule has 0 fully saturated rings. The van der Waals surface area contributed by atoms with E-state index in [0.717, 1.165) is 22.1 Å². The molecule has 1 N–H and O–H groups in total. The highest BCUT2D eigenvalue weighted by atomic mass is 32.2. The highest BCUT2D eigenvalue weighted by Crippen LogP contribution is 2.37. The maximum Gasteiger partial charge on any atom is 0.256 e. The third kappa shape index (κ3) is 3.01. The van der Waals surface area contributed by atoms with Gasteiger partial charge in [-0.1, -0.05) is 0 Å². The van der Waals surface area contributed by atoms with Crippen molar-refractivity contribution in [2.24, 2.45) is 0 Å². The number of nitrogens with zero attached hydrogens (tertiary/aromatic N) is 1. The van der Waals surface area contributed by atoms with Crippen LogP contribution >= 0.6 is 11.8 Å². The van der Waals surface area contributed by atoms with Gasteiger partial charge in [0.15, 0.2) is 0 Å². The minimum absolute atomic E-state index is 0.229. The first-order valence-electron chi connectivity index (χ1n) is 6.93. The van der Waals surface area contributed by atoms with Gasteiger partial charge in [-0.2, -0.15) is 0 Å². The Hall–Kier alpha value is -2.21. The number of hydrogen-bond acceptors (Lipinski definition) is 5. The first-order valence-corrected chi connectivity index (χ1v) is 7.92. The highest BCUT2D eigenvalue weighted by Gasteiger charge is 2.15. The molecular formula is C16H16N2O3S. The molecule has 2 aromatic rings. The van der Waals surface area contributed by atoms with Gasteiger partial charge in [-0.05, 0) is 19.1 Å². The third-order valence-corrected chi connectivity index (χ3v) is 4.23. The molecule has 2 heterocycles. The SMILES string of the molecule is CNC(=O)c1cnc(C)cc1Oc1ccc2c(c1)OCCS2. The second-order valence-electron chi connectivity index (χ2n) is 4.81. The van der Waals surface area contributed by atoms with Gasteiger partial charge in [-0.3, -0.25) is 9.78 Å². The topological polar surface area (TPSA) is 60.5 Å². The van der Waals surface area contributed by atoms with Gasteiger partial charge in [-0.15, -0.1) is 11.8 Å². The molecule has 0 bridgehead atoms. The van der Waals surface area contributed by atoms with Crippen LogP contribution in [0.2, 0.25) is 0 Å². The molecule has 0 unspecified atom stereocenters. The fraction of sp³-hybridized carbons (Fsp3) is 0.250. The van der Waals surface area contributed by atoms with E-state index in [1.807, 2.05) is 25.1 Å². The van der Waals surface area contributed by atoms with E-state index in [0.29, 0.717) is 23.7 Å². The number of thioether (sulfide) groups is 1. The molecule has 1 aromatic carbocycles. The van der Waals surface area contributed by atoms with E-state index in [4.69, 9.17) is 9.47 Å². The molecule has 1 amide bonds. The van der Waals surface area contributed by atoms with Crippen molar-refractivity contribution in [3.05, 3.63) is 41.7 Å². The van der Waals surface area contributed by atoms with Crippen LogP contribution in [-0.4, -0.2) is 30.3 Å². The summed E-state index contributed by atoms with van der Waals surface area (Å²) >= 11 is 1.76. The number of pyridine rings is 1. The summed E-state index contributed by atoms with van der Waals surface area (Å²) in [5.74, 6) is 2.66. The standard InChI is InChI=1S/C16H16N2O3S/c1-10-7-13(12(9-18-10)16(19)17-2)21-11-3-4-15-14(8-11)20-5-6-22-15/h3-4,7-9H,5-6H2,1-2H3,(H,17,19). The average Bonchev–Trinajstić information content (AvgIpc) is 2.54. The van der Waals surface area contributed by atoms with Crippen LogP contribution < -0.4 is 14.8 Å². The maximum atomic E-state index is 11.9. The van der Waals surface area contributed by atoms with Gasteiger partial charge in [0, 0.05) is 41.7 Å². The summed E-state index contributed by atoms with van der Waals surface area (Å²) in [6.07, 6.45) is 1.52. The fourth-order valence-electron chi connectivity index (χ4n) is 2.14. The van der Waals surface area contributed by atoms with Crippen molar-refractivity contribution >= 4 is 17.7 Å². The van der Waals surface area contributed by atoms with Gasteiger partial charge in [0.1, 0.15) is 22.8 Å². The number of carbonyl (C=O) groups is 1. The summed E-state index contributed by atoms with van der Waals surface area (Å²) in [5.41, 5.74) is 1.19. The zero-order valence-corrected chi connectivity index (χ0v) is 13.2. The van der Waals surface area contributed by atoms with Crippen LogP contribution in [0.25, 0.3) is 0 Å². The molecule has 0 radical (unpaired) electrons. The van der Waals surface area contributed by atoms with E-state index in [-0.39, 0.29) is 5.91 Å². The van der Waals surface area contributed by atoms with Crippen LogP contribution in [-0.2, 0) is 0 Å². The number of amides is 1. The molecule has 1 aliphatic rings. The number of fused-ring (bicyclic) bond motifs is 1. The molecule has 0 aliphatic carbocycles. The van der Waals surface area contributed by atoms with E-state index >= 15 is 0 Å². The smallest absolute Gasteiger partial charge is 0.256 e. The van der Waals surface area contributed by atoms with Crippen LogP contribution in [0.15, 0.2) is 35.4 Å². The number of hydrogen-bond donors (Lipinski definition) is 1. The van der Waals surface area contributed by atoms with Crippen molar-refractivity contribution in [2.45, 2.75) is 11.8 Å². The lowest BCUT2D eigenvalue weighted by molar-refractivity contribution is 0.0960. The van der Waals surface area contributed by atoms with Crippen LogP contribution in [0.3, 0.4) is 0 Å². The zero-order valence-electron chi connectivity index (χ0n) is 12.4. The van der Waals surface area contributed by atoms with Crippen LogP contribution in [0, 0.1) is 6.92 Å². The Kier molecular flexibility index (Phi) is 4.20. The minimum atomic E-state index is -0.229. The van der Waals surface area contributed by atoms with Gasteiger partial charge in [0.05, 0.1) is 6.61 Å². The molecule has 1 aromatic heterocycles. The van der Waals surface area contributed by atoms with Crippen LogP contribution in [0.5, 0.6) is 17.2 Å². The number of nitrogens with one attached hydrogen (secondary N) is 1. The van der Waals surface area contributed by atoms with Gasteiger partial charge in [0.2, 0.25) is 0 Å².